The SMILES string of the molecule is COc1ccc(-n2nnc(C(=O)NCC(C)C)c2CSc2nc(C)cc(C)n2)cc1. The van der Waals surface area contributed by atoms with Crippen molar-refractivity contribution in [2.75, 3.05) is 13.7 Å². The Morgan fingerprint density at radius 1 is 1.17 bits per heavy atom. The Bertz CT molecular complexity index is 997. The van der Waals surface area contributed by atoms with Crippen LogP contribution in [0.4, 0.5) is 0 Å². The molecule has 0 aliphatic heterocycles. The molecule has 0 saturated carbocycles. The van der Waals surface area contributed by atoms with Gasteiger partial charge in [0.25, 0.3) is 5.91 Å². The summed E-state index contributed by atoms with van der Waals surface area (Å²) in [5, 5.41) is 12.0. The Morgan fingerprint density at radius 3 is 2.43 bits per heavy atom. The molecule has 2 heterocycles. The molecule has 8 nitrogen and oxygen atoms in total. The first-order valence-electron chi connectivity index (χ1n) is 9.69. The number of benzene rings is 1. The monoisotopic (exact) mass is 426 g/mol. The standard InChI is InChI=1S/C21H26N6O2S/c1-13(2)11-22-20(28)19-18(12-30-21-23-14(3)10-15(4)24-21)27(26-25-19)16-6-8-17(29-5)9-7-16/h6-10,13H,11-12H2,1-5H3,(H,22,28). The summed E-state index contributed by atoms with van der Waals surface area (Å²) in [6, 6.07) is 9.38. The molecule has 2 aromatic heterocycles. The number of hydrogen-bond acceptors (Lipinski definition) is 7. The second kappa shape index (κ2) is 9.71. The third kappa shape index (κ3) is 5.35. The minimum absolute atomic E-state index is 0.236. The van der Waals surface area contributed by atoms with Crippen molar-refractivity contribution in [3.63, 3.8) is 0 Å². The van der Waals surface area contributed by atoms with Crippen LogP contribution in [-0.2, 0) is 5.75 Å². The van der Waals surface area contributed by atoms with Crippen LogP contribution in [0.5, 0.6) is 5.75 Å². The van der Waals surface area contributed by atoms with Gasteiger partial charge in [0.1, 0.15) is 5.75 Å². The van der Waals surface area contributed by atoms with Crippen molar-refractivity contribution in [2.24, 2.45) is 5.92 Å². The molecule has 0 spiro atoms. The number of carbonyl (C=O) groups is 1. The predicted molar refractivity (Wildman–Crippen MR) is 116 cm³/mol. The molecule has 158 valence electrons. The number of nitrogens with zero attached hydrogens (tertiary/aromatic N) is 5. The van der Waals surface area contributed by atoms with Gasteiger partial charge < -0.3 is 10.1 Å². The van der Waals surface area contributed by atoms with E-state index in [4.69, 9.17) is 4.74 Å². The quantitative estimate of drug-likeness (QED) is 0.436. The van der Waals surface area contributed by atoms with Gasteiger partial charge in [-0.1, -0.05) is 30.8 Å². The molecule has 1 aromatic carbocycles. The highest BCUT2D eigenvalue weighted by Gasteiger charge is 2.21. The van der Waals surface area contributed by atoms with Crippen molar-refractivity contribution in [1.82, 2.24) is 30.3 Å². The molecule has 0 aliphatic carbocycles. The molecule has 0 bridgehead atoms. The average Bonchev–Trinajstić information content (AvgIpc) is 3.13. The van der Waals surface area contributed by atoms with Crippen LogP contribution in [0.25, 0.3) is 5.69 Å². The molecule has 0 fully saturated rings. The van der Waals surface area contributed by atoms with Crippen LogP contribution in [0, 0.1) is 19.8 Å². The fraction of sp³-hybridized carbons (Fsp3) is 0.381. The molecule has 9 heteroatoms. The largest absolute Gasteiger partial charge is 0.497 e. The number of hydrogen-bond donors (Lipinski definition) is 1. The maximum Gasteiger partial charge on any atom is 0.273 e. The van der Waals surface area contributed by atoms with Crippen molar-refractivity contribution >= 4 is 17.7 Å². The van der Waals surface area contributed by atoms with E-state index in [1.807, 2.05) is 58.0 Å². The third-order valence-corrected chi connectivity index (χ3v) is 5.12. The molecule has 1 N–H and O–H groups in total. The van der Waals surface area contributed by atoms with E-state index >= 15 is 0 Å². The van der Waals surface area contributed by atoms with Gasteiger partial charge in [-0.15, -0.1) is 5.10 Å². The molecule has 3 aromatic rings. The molecule has 0 aliphatic rings. The molecule has 0 unspecified atom stereocenters. The zero-order chi connectivity index (χ0) is 21.7. The Morgan fingerprint density at radius 2 is 1.83 bits per heavy atom. The van der Waals surface area contributed by atoms with Crippen LogP contribution < -0.4 is 10.1 Å². The molecular weight excluding hydrogens is 400 g/mol. The maximum absolute atomic E-state index is 12.7. The van der Waals surface area contributed by atoms with E-state index in [1.165, 1.54) is 11.8 Å². The molecule has 0 radical (unpaired) electrons. The van der Waals surface area contributed by atoms with Crippen molar-refractivity contribution in [1.29, 1.82) is 0 Å². The van der Waals surface area contributed by atoms with E-state index in [0.29, 0.717) is 34.8 Å². The summed E-state index contributed by atoms with van der Waals surface area (Å²) in [5.41, 5.74) is 3.60. The summed E-state index contributed by atoms with van der Waals surface area (Å²) in [7, 11) is 1.62. The highest BCUT2D eigenvalue weighted by molar-refractivity contribution is 7.98. The summed E-state index contributed by atoms with van der Waals surface area (Å²) in [6.45, 7) is 8.53. The van der Waals surface area contributed by atoms with Crippen LogP contribution in [-0.4, -0.2) is 44.5 Å². The first-order chi connectivity index (χ1) is 14.4. The topological polar surface area (TPSA) is 94.8 Å². The van der Waals surface area contributed by atoms with Gasteiger partial charge in [-0.05, 0) is 50.1 Å². The zero-order valence-corrected chi connectivity index (χ0v) is 18.7. The van der Waals surface area contributed by atoms with E-state index in [9.17, 15) is 4.79 Å². The van der Waals surface area contributed by atoms with Gasteiger partial charge in [-0.3, -0.25) is 4.79 Å². The van der Waals surface area contributed by atoms with Crippen molar-refractivity contribution in [3.05, 3.63) is 53.1 Å². The Labute approximate surface area is 180 Å². The van der Waals surface area contributed by atoms with E-state index in [-0.39, 0.29) is 5.91 Å². The minimum atomic E-state index is -0.236. The van der Waals surface area contributed by atoms with Gasteiger partial charge in [-0.2, -0.15) is 0 Å². The van der Waals surface area contributed by atoms with Crippen LogP contribution in [0.1, 0.15) is 41.4 Å². The number of ether oxygens (including phenoxy) is 1. The normalized spacial score (nSPS) is 11.0. The number of aryl methyl sites for hydroxylation is 2. The lowest BCUT2D eigenvalue weighted by atomic mass is 10.2. The van der Waals surface area contributed by atoms with E-state index in [0.717, 1.165) is 22.8 Å². The maximum atomic E-state index is 12.7. The fourth-order valence-corrected chi connectivity index (χ4v) is 3.75. The second-order valence-electron chi connectivity index (χ2n) is 7.32. The first-order valence-corrected chi connectivity index (χ1v) is 10.7. The van der Waals surface area contributed by atoms with Crippen molar-refractivity contribution in [2.45, 2.75) is 38.6 Å². The number of carbonyl (C=O) groups excluding carboxylic acids is 1. The highest BCUT2D eigenvalue weighted by atomic mass is 32.2. The lowest BCUT2D eigenvalue weighted by Gasteiger charge is -2.10. The lowest BCUT2D eigenvalue weighted by molar-refractivity contribution is 0.0943. The van der Waals surface area contributed by atoms with Gasteiger partial charge in [0.05, 0.1) is 18.5 Å². The lowest BCUT2D eigenvalue weighted by Crippen LogP contribution is -2.28. The van der Waals surface area contributed by atoms with Crippen molar-refractivity contribution in [3.8, 4) is 11.4 Å². The first kappa shape index (κ1) is 21.8. The Kier molecular flexibility index (Phi) is 7.04. The zero-order valence-electron chi connectivity index (χ0n) is 17.8. The predicted octanol–water partition coefficient (Wildman–Crippen LogP) is 3.36. The molecular formula is C21H26N6O2S. The summed E-state index contributed by atoms with van der Waals surface area (Å²) in [4.78, 5) is 21.7. The number of aromatic nitrogens is 5. The highest BCUT2D eigenvalue weighted by Crippen LogP contribution is 2.24. The Hall–Kier alpha value is -2.94. The molecule has 3 rings (SSSR count). The molecule has 0 atom stereocenters. The van der Waals surface area contributed by atoms with Gasteiger partial charge in [0.2, 0.25) is 0 Å². The minimum Gasteiger partial charge on any atom is -0.497 e. The molecule has 1 amide bonds. The number of rotatable bonds is 8. The number of nitrogens with one attached hydrogen (secondary N) is 1. The van der Waals surface area contributed by atoms with Gasteiger partial charge in [-0.25, -0.2) is 14.6 Å². The van der Waals surface area contributed by atoms with Crippen LogP contribution in [0.2, 0.25) is 0 Å². The van der Waals surface area contributed by atoms with Gasteiger partial charge in [0.15, 0.2) is 10.9 Å². The van der Waals surface area contributed by atoms with E-state index in [1.54, 1.807) is 11.8 Å². The Balaban J connectivity index is 1.92. The molecule has 0 saturated heterocycles. The van der Waals surface area contributed by atoms with Crippen LogP contribution in [0.3, 0.4) is 0 Å². The summed E-state index contributed by atoms with van der Waals surface area (Å²) in [5.74, 6) is 1.30. The average molecular weight is 427 g/mol. The third-order valence-electron chi connectivity index (χ3n) is 4.27. The summed E-state index contributed by atoms with van der Waals surface area (Å²) in [6.07, 6.45) is 0. The number of thioether (sulfide) groups is 1. The van der Waals surface area contributed by atoms with Crippen LogP contribution in [0.15, 0.2) is 35.5 Å². The number of amides is 1. The van der Waals surface area contributed by atoms with E-state index < -0.39 is 0 Å². The van der Waals surface area contributed by atoms with Crippen LogP contribution >= 0.6 is 11.8 Å². The summed E-state index contributed by atoms with van der Waals surface area (Å²) < 4.78 is 6.91. The van der Waals surface area contributed by atoms with Gasteiger partial charge >= 0.3 is 0 Å². The smallest absolute Gasteiger partial charge is 0.273 e. The number of methoxy groups -OCH3 is 1. The van der Waals surface area contributed by atoms with Gasteiger partial charge in [0, 0.05) is 23.7 Å². The van der Waals surface area contributed by atoms with E-state index in [2.05, 4.69) is 25.6 Å². The van der Waals surface area contributed by atoms with Crippen molar-refractivity contribution < 1.29 is 9.53 Å². The molecule has 30 heavy (non-hydrogen) atoms. The summed E-state index contributed by atoms with van der Waals surface area (Å²) >= 11 is 1.45. The fourth-order valence-electron chi connectivity index (χ4n) is 2.81. The second-order valence-corrected chi connectivity index (χ2v) is 8.26.